The SMILES string of the molecule is O=C(O)C[C@H](NC(=O)CN1CC[C@H](CCc2ccc3c(n2)NCCC3)C1=O)c1cnc2ccccc2c1. The summed E-state index contributed by atoms with van der Waals surface area (Å²) in [6.07, 6.45) is 5.57. The third-order valence-electron chi connectivity index (χ3n) is 7.17. The summed E-state index contributed by atoms with van der Waals surface area (Å²) in [5.74, 6) is -0.624. The Labute approximate surface area is 215 Å². The molecule has 2 atom stereocenters. The number of aryl methyl sites for hydroxylation is 2. The molecule has 9 nitrogen and oxygen atoms in total. The van der Waals surface area contributed by atoms with E-state index in [9.17, 15) is 19.5 Å². The summed E-state index contributed by atoms with van der Waals surface area (Å²) in [6.45, 7) is 1.36. The summed E-state index contributed by atoms with van der Waals surface area (Å²) in [5.41, 5.74) is 3.62. The monoisotopic (exact) mass is 501 g/mol. The van der Waals surface area contributed by atoms with Gasteiger partial charge in [-0.3, -0.25) is 19.4 Å². The van der Waals surface area contributed by atoms with Gasteiger partial charge in [-0.2, -0.15) is 0 Å². The summed E-state index contributed by atoms with van der Waals surface area (Å²) < 4.78 is 0. The number of hydrogen-bond acceptors (Lipinski definition) is 6. The van der Waals surface area contributed by atoms with Gasteiger partial charge in [-0.1, -0.05) is 24.3 Å². The van der Waals surface area contributed by atoms with Crippen molar-refractivity contribution in [3.05, 3.63) is 65.5 Å². The van der Waals surface area contributed by atoms with E-state index in [1.807, 2.05) is 36.4 Å². The average molecular weight is 502 g/mol. The normalized spacial score (nSPS) is 17.8. The number of pyridine rings is 2. The number of carbonyl (C=O) groups is 3. The Morgan fingerprint density at radius 3 is 2.95 bits per heavy atom. The molecule has 0 radical (unpaired) electrons. The molecule has 2 aliphatic heterocycles. The molecule has 5 rings (SSSR count). The van der Waals surface area contributed by atoms with Gasteiger partial charge in [0, 0.05) is 36.3 Å². The van der Waals surface area contributed by atoms with Crippen LogP contribution in [-0.4, -0.2) is 57.4 Å². The Morgan fingerprint density at radius 1 is 1.22 bits per heavy atom. The van der Waals surface area contributed by atoms with E-state index in [-0.39, 0.29) is 30.7 Å². The summed E-state index contributed by atoms with van der Waals surface area (Å²) in [4.78, 5) is 48.0. The van der Waals surface area contributed by atoms with Crippen LogP contribution in [0.5, 0.6) is 0 Å². The summed E-state index contributed by atoms with van der Waals surface area (Å²) in [7, 11) is 0. The zero-order valence-electron chi connectivity index (χ0n) is 20.7. The van der Waals surface area contributed by atoms with Crippen molar-refractivity contribution in [2.45, 2.75) is 44.6 Å². The number of nitrogens with one attached hydrogen (secondary N) is 2. The smallest absolute Gasteiger partial charge is 0.305 e. The number of rotatable bonds is 9. The Bertz CT molecular complexity index is 1330. The number of nitrogens with zero attached hydrogens (tertiary/aromatic N) is 3. The molecule has 2 aliphatic rings. The van der Waals surface area contributed by atoms with Gasteiger partial charge in [0.05, 0.1) is 24.5 Å². The molecule has 9 heteroatoms. The first-order chi connectivity index (χ1) is 18.0. The molecule has 37 heavy (non-hydrogen) atoms. The number of carboxylic acids is 1. The number of likely N-dealkylation sites (tertiary alicyclic amines) is 1. The van der Waals surface area contributed by atoms with Crippen LogP contribution in [0.25, 0.3) is 10.9 Å². The second-order valence-corrected chi connectivity index (χ2v) is 9.80. The van der Waals surface area contributed by atoms with Crippen molar-refractivity contribution in [2.75, 3.05) is 25.0 Å². The molecule has 4 heterocycles. The molecular formula is C28H31N5O4. The molecule has 3 N–H and O–H groups in total. The van der Waals surface area contributed by atoms with Crippen LogP contribution < -0.4 is 10.6 Å². The molecule has 0 bridgehead atoms. The molecule has 2 amide bonds. The molecule has 3 aromatic rings. The zero-order chi connectivity index (χ0) is 25.8. The van der Waals surface area contributed by atoms with Crippen molar-refractivity contribution in [1.29, 1.82) is 0 Å². The first-order valence-corrected chi connectivity index (χ1v) is 12.8. The van der Waals surface area contributed by atoms with Gasteiger partial charge in [0.25, 0.3) is 0 Å². The standard InChI is InChI=1S/C28H31N5O4/c34-25(32-24(15-26(35)36)21-14-20-4-1-2-6-23(20)30-16-21)17-33-13-11-19(28(33)37)8-10-22-9-7-18-5-3-12-29-27(18)31-22/h1-2,4,6-7,9,14,16,19,24H,3,5,8,10-13,15,17H2,(H,29,31)(H,32,34)(H,35,36)/t19-,24-/m0/s1. The fourth-order valence-electron chi connectivity index (χ4n) is 5.18. The van der Waals surface area contributed by atoms with Crippen LogP contribution in [0.3, 0.4) is 0 Å². The average Bonchev–Trinajstić information content (AvgIpc) is 3.25. The zero-order valence-corrected chi connectivity index (χ0v) is 20.7. The number of aromatic nitrogens is 2. The largest absolute Gasteiger partial charge is 0.481 e. The number of carboxylic acid groups (broad SMARTS) is 1. The van der Waals surface area contributed by atoms with Crippen molar-refractivity contribution in [3.63, 3.8) is 0 Å². The lowest BCUT2D eigenvalue weighted by molar-refractivity contribution is -0.138. The molecule has 1 fully saturated rings. The van der Waals surface area contributed by atoms with Gasteiger partial charge in [-0.05, 0) is 61.4 Å². The highest BCUT2D eigenvalue weighted by molar-refractivity contribution is 5.88. The molecule has 0 saturated carbocycles. The lowest BCUT2D eigenvalue weighted by Gasteiger charge is -2.21. The Balaban J connectivity index is 1.17. The number of amides is 2. The van der Waals surface area contributed by atoms with Gasteiger partial charge in [-0.15, -0.1) is 0 Å². The topological polar surface area (TPSA) is 125 Å². The summed E-state index contributed by atoms with van der Waals surface area (Å²) in [6, 6.07) is 12.8. The second kappa shape index (κ2) is 10.9. The fraction of sp³-hybridized carbons (Fsp3) is 0.393. The van der Waals surface area contributed by atoms with E-state index in [0.29, 0.717) is 31.4 Å². The lowest BCUT2D eigenvalue weighted by atomic mass is 9.99. The number of benzene rings is 1. The van der Waals surface area contributed by atoms with E-state index >= 15 is 0 Å². The quantitative estimate of drug-likeness (QED) is 0.411. The maximum absolute atomic E-state index is 13.0. The van der Waals surface area contributed by atoms with Crippen LogP contribution in [0.15, 0.2) is 48.7 Å². The number of hydrogen-bond donors (Lipinski definition) is 3. The van der Waals surface area contributed by atoms with Crippen molar-refractivity contribution >= 4 is 34.5 Å². The van der Waals surface area contributed by atoms with E-state index in [4.69, 9.17) is 4.98 Å². The van der Waals surface area contributed by atoms with Crippen molar-refractivity contribution in [2.24, 2.45) is 5.92 Å². The molecule has 1 saturated heterocycles. The van der Waals surface area contributed by atoms with Crippen LogP contribution in [0, 0.1) is 5.92 Å². The minimum absolute atomic E-state index is 0.0339. The molecular weight excluding hydrogens is 470 g/mol. The van der Waals surface area contributed by atoms with E-state index in [1.165, 1.54) is 5.56 Å². The van der Waals surface area contributed by atoms with Crippen molar-refractivity contribution < 1.29 is 19.5 Å². The van der Waals surface area contributed by atoms with Crippen molar-refractivity contribution in [1.82, 2.24) is 20.2 Å². The Hall–Kier alpha value is -4.01. The van der Waals surface area contributed by atoms with Gasteiger partial charge in [-0.25, -0.2) is 4.98 Å². The van der Waals surface area contributed by atoms with E-state index in [0.717, 1.165) is 41.8 Å². The van der Waals surface area contributed by atoms with Gasteiger partial charge in [0.15, 0.2) is 0 Å². The second-order valence-electron chi connectivity index (χ2n) is 9.80. The van der Waals surface area contributed by atoms with Crippen LogP contribution in [0.4, 0.5) is 5.82 Å². The molecule has 0 aliphatic carbocycles. The maximum atomic E-state index is 13.0. The van der Waals surface area contributed by atoms with Gasteiger partial charge >= 0.3 is 5.97 Å². The van der Waals surface area contributed by atoms with Crippen LogP contribution in [0.2, 0.25) is 0 Å². The molecule has 1 aromatic carbocycles. The van der Waals surface area contributed by atoms with Crippen molar-refractivity contribution in [3.8, 4) is 0 Å². The third-order valence-corrected chi connectivity index (χ3v) is 7.17. The fourth-order valence-corrected chi connectivity index (χ4v) is 5.18. The number of aliphatic carboxylic acids is 1. The first kappa shape index (κ1) is 24.7. The van der Waals surface area contributed by atoms with Gasteiger partial charge < -0.3 is 20.6 Å². The molecule has 2 aromatic heterocycles. The van der Waals surface area contributed by atoms with Gasteiger partial charge in [0.1, 0.15) is 5.82 Å². The predicted molar refractivity (Wildman–Crippen MR) is 139 cm³/mol. The first-order valence-electron chi connectivity index (χ1n) is 12.8. The Kier molecular flexibility index (Phi) is 7.30. The highest BCUT2D eigenvalue weighted by Crippen LogP contribution is 2.25. The van der Waals surface area contributed by atoms with E-state index in [1.54, 1.807) is 11.1 Å². The van der Waals surface area contributed by atoms with Gasteiger partial charge in [0.2, 0.25) is 11.8 Å². The Morgan fingerprint density at radius 2 is 2.08 bits per heavy atom. The van der Waals surface area contributed by atoms with Crippen LogP contribution in [0.1, 0.15) is 48.5 Å². The maximum Gasteiger partial charge on any atom is 0.305 e. The molecule has 192 valence electrons. The van der Waals surface area contributed by atoms with E-state index in [2.05, 4.69) is 21.7 Å². The van der Waals surface area contributed by atoms with Crippen LogP contribution >= 0.6 is 0 Å². The highest BCUT2D eigenvalue weighted by atomic mass is 16.4. The number of carbonyl (C=O) groups excluding carboxylic acids is 2. The van der Waals surface area contributed by atoms with E-state index < -0.39 is 12.0 Å². The number of anilines is 1. The number of para-hydroxylation sites is 1. The minimum atomic E-state index is -1.03. The summed E-state index contributed by atoms with van der Waals surface area (Å²) >= 11 is 0. The predicted octanol–water partition coefficient (Wildman–Crippen LogP) is 3.10. The lowest BCUT2D eigenvalue weighted by Crippen LogP contribution is -2.40. The molecule has 0 spiro atoms. The summed E-state index contributed by atoms with van der Waals surface area (Å²) in [5, 5.41) is 16.4. The highest BCUT2D eigenvalue weighted by Gasteiger charge is 2.33. The minimum Gasteiger partial charge on any atom is -0.481 e. The van der Waals surface area contributed by atoms with Crippen LogP contribution in [-0.2, 0) is 27.2 Å². The third kappa shape index (κ3) is 5.87. The molecule has 0 unspecified atom stereocenters. The number of fused-ring (bicyclic) bond motifs is 2.